The molecule has 2 aliphatic rings. The van der Waals surface area contributed by atoms with Gasteiger partial charge in [0.15, 0.2) is 0 Å². The quantitative estimate of drug-likeness (QED) is 0.645. The van der Waals surface area contributed by atoms with Crippen LogP contribution in [0.2, 0.25) is 5.02 Å². The summed E-state index contributed by atoms with van der Waals surface area (Å²) in [6.07, 6.45) is 5.82. The van der Waals surface area contributed by atoms with E-state index in [1.165, 1.54) is 11.0 Å². The topological polar surface area (TPSA) is 111 Å². The molecule has 3 aromatic heterocycles. The molecule has 1 N–H and O–H groups in total. The fraction of sp³-hybridized carbons (Fsp3) is 0.400. The summed E-state index contributed by atoms with van der Waals surface area (Å²) in [5.41, 5.74) is 1.67. The van der Waals surface area contributed by atoms with Gasteiger partial charge < -0.3 is 5.32 Å². The van der Waals surface area contributed by atoms with Gasteiger partial charge >= 0.3 is 0 Å². The highest BCUT2D eigenvalue weighted by molar-refractivity contribution is 6.31. The number of rotatable bonds is 5. The zero-order valence-electron chi connectivity index (χ0n) is 16.9. The van der Waals surface area contributed by atoms with Crippen LogP contribution >= 0.6 is 11.6 Å². The number of likely N-dealkylation sites (N-methyl/N-ethyl adjacent to an activating group) is 1. The lowest BCUT2D eigenvalue weighted by Crippen LogP contribution is -2.47. The minimum atomic E-state index is -0.680. The molecule has 2 amide bonds. The van der Waals surface area contributed by atoms with Crippen molar-refractivity contribution in [1.29, 1.82) is 0 Å². The second-order valence-corrected chi connectivity index (χ2v) is 8.24. The second-order valence-electron chi connectivity index (χ2n) is 7.83. The molecule has 0 spiro atoms. The summed E-state index contributed by atoms with van der Waals surface area (Å²) in [6, 6.07) is 4.78. The fourth-order valence-corrected chi connectivity index (χ4v) is 3.86. The Morgan fingerprint density at radius 2 is 2.10 bits per heavy atom. The zero-order valence-corrected chi connectivity index (χ0v) is 17.7. The number of fused-ring (bicyclic) bond motifs is 1. The minimum absolute atomic E-state index is 0.0134. The number of amides is 2. The number of halogens is 1. The average molecular weight is 441 g/mol. The molecule has 1 saturated carbocycles. The van der Waals surface area contributed by atoms with E-state index in [1.54, 1.807) is 30.3 Å². The van der Waals surface area contributed by atoms with E-state index < -0.39 is 11.9 Å². The number of nitrogens with one attached hydrogen (secondary N) is 1. The lowest BCUT2D eigenvalue weighted by atomic mass is 10.2. The maximum atomic E-state index is 13.0. The Morgan fingerprint density at radius 3 is 2.87 bits per heavy atom. The number of nitrogens with zero attached hydrogens (tertiary/aromatic N) is 7. The fourth-order valence-electron chi connectivity index (χ4n) is 3.68. The van der Waals surface area contributed by atoms with Gasteiger partial charge in [0.1, 0.15) is 18.2 Å². The molecule has 4 heterocycles. The highest BCUT2D eigenvalue weighted by atomic mass is 35.5. The first-order valence-corrected chi connectivity index (χ1v) is 10.5. The van der Waals surface area contributed by atoms with Crippen LogP contribution in [0, 0.1) is 0 Å². The molecule has 0 aromatic carbocycles. The monoisotopic (exact) mass is 440 g/mol. The lowest BCUT2D eigenvalue weighted by Gasteiger charge is -2.19. The number of carbonyl (C=O) groups is 2. The van der Waals surface area contributed by atoms with Crippen LogP contribution in [0.25, 0.3) is 0 Å². The second kappa shape index (κ2) is 7.77. The van der Waals surface area contributed by atoms with Gasteiger partial charge in [-0.05, 0) is 31.4 Å². The van der Waals surface area contributed by atoms with Crippen molar-refractivity contribution in [3.8, 4) is 0 Å². The number of hydrogen-bond donors (Lipinski definition) is 1. The standard InChI is InChI=1S/C20H21ClN8O2/c1-27-17-9-15(12-4-5-12)25-29(17)8-6-14(20(27)31)24-19(30)18-23-11-28(26-18)10-16-13(21)3-2-7-22-16/h2-3,7,9,11-12,14H,4-6,8,10H2,1H3,(H,24,30)/t14-/m0/s1. The van der Waals surface area contributed by atoms with E-state index in [0.29, 0.717) is 29.6 Å². The van der Waals surface area contributed by atoms with Crippen LogP contribution < -0.4 is 10.2 Å². The molecular weight excluding hydrogens is 420 g/mol. The van der Waals surface area contributed by atoms with Gasteiger partial charge in [0.2, 0.25) is 5.82 Å². The van der Waals surface area contributed by atoms with E-state index in [9.17, 15) is 9.59 Å². The van der Waals surface area contributed by atoms with Crippen LogP contribution in [0.1, 0.15) is 47.2 Å². The van der Waals surface area contributed by atoms with Crippen molar-refractivity contribution in [2.75, 3.05) is 11.9 Å². The predicted molar refractivity (Wildman–Crippen MR) is 112 cm³/mol. The minimum Gasteiger partial charge on any atom is -0.337 e. The molecule has 1 fully saturated rings. The summed E-state index contributed by atoms with van der Waals surface area (Å²) >= 11 is 6.12. The summed E-state index contributed by atoms with van der Waals surface area (Å²) in [5.74, 6) is 0.573. The van der Waals surface area contributed by atoms with Crippen molar-refractivity contribution in [3.63, 3.8) is 0 Å². The molecule has 0 saturated heterocycles. The first-order chi connectivity index (χ1) is 15.0. The van der Waals surface area contributed by atoms with Crippen LogP contribution in [-0.2, 0) is 17.9 Å². The Balaban J connectivity index is 1.26. The smallest absolute Gasteiger partial charge is 0.291 e. The summed E-state index contributed by atoms with van der Waals surface area (Å²) in [6.45, 7) is 0.832. The van der Waals surface area contributed by atoms with E-state index in [1.807, 2.05) is 10.7 Å². The van der Waals surface area contributed by atoms with E-state index in [4.69, 9.17) is 11.6 Å². The molecule has 0 bridgehead atoms. The molecule has 3 aromatic rings. The van der Waals surface area contributed by atoms with Crippen LogP contribution in [0.3, 0.4) is 0 Å². The Morgan fingerprint density at radius 1 is 1.26 bits per heavy atom. The van der Waals surface area contributed by atoms with Crippen molar-refractivity contribution in [2.45, 2.75) is 44.3 Å². The normalized spacial score (nSPS) is 18.6. The van der Waals surface area contributed by atoms with E-state index in [2.05, 4.69) is 25.5 Å². The predicted octanol–water partition coefficient (Wildman–Crippen LogP) is 1.61. The third kappa shape index (κ3) is 3.90. The highest BCUT2D eigenvalue weighted by Gasteiger charge is 2.34. The molecule has 1 aliphatic carbocycles. The number of carbonyl (C=O) groups excluding carboxylic acids is 2. The molecule has 160 valence electrons. The molecule has 10 nitrogen and oxygen atoms in total. The van der Waals surface area contributed by atoms with Gasteiger partial charge in [0.25, 0.3) is 11.8 Å². The van der Waals surface area contributed by atoms with Crippen molar-refractivity contribution < 1.29 is 9.59 Å². The third-order valence-corrected chi connectivity index (χ3v) is 5.91. The van der Waals surface area contributed by atoms with Crippen molar-refractivity contribution in [1.82, 2.24) is 34.8 Å². The maximum Gasteiger partial charge on any atom is 0.291 e. The first-order valence-electron chi connectivity index (χ1n) is 10.1. The number of aromatic nitrogens is 6. The Kier molecular flexibility index (Phi) is 4.93. The first kappa shape index (κ1) is 19.7. The van der Waals surface area contributed by atoms with Crippen LogP contribution in [0.4, 0.5) is 5.82 Å². The van der Waals surface area contributed by atoms with Crippen LogP contribution in [0.5, 0.6) is 0 Å². The summed E-state index contributed by atoms with van der Waals surface area (Å²) in [4.78, 5) is 35.5. The average Bonchev–Trinajstić information content (AvgIpc) is 3.38. The van der Waals surface area contributed by atoms with E-state index in [-0.39, 0.29) is 18.3 Å². The van der Waals surface area contributed by atoms with Crippen molar-refractivity contribution >= 4 is 29.2 Å². The highest BCUT2D eigenvalue weighted by Crippen LogP contribution is 2.40. The third-order valence-electron chi connectivity index (χ3n) is 5.57. The molecule has 1 atom stereocenters. The maximum absolute atomic E-state index is 13.0. The number of pyridine rings is 1. The van der Waals surface area contributed by atoms with Gasteiger partial charge in [-0.2, -0.15) is 5.10 Å². The number of aryl methyl sites for hydroxylation is 1. The largest absolute Gasteiger partial charge is 0.337 e. The summed E-state index contributed by atoms with van der Waals surface area (Å²) < 4.78 is 3.33. The summed E-state index contributed by atoms with van der Waals surface area (Å²) in [5, 5.41) is 12.1. The van der Waals surface area contributed by atoms with Gasteiger partial charge in [-0.3, -0.25) is 19.5 Å². The van der Waals surface area contributed by atoms with Gasteiger partial charge in [-0.15, -0.1) is 5.10 Å². The molecule has 5 rings (SSSR count). The van der Waals surface area contributed by atoms with Crippen molar-refractivity contribution in [2.24, 2.45) is 0 Å². The molecule has 1 aliphatic heterocycles. The van der Waals surface area contributed by atoms with Gasteiger partial charge in [0.05, 0.1) is 23.0 Å². The van der Waals surface area contributed by atoms with Gasteiger partial charge in [0, 0.05) is 31.8 Å². The van der Waals surface area contributed by atoms with E-state index in [0.717, 1.165) is 24.4 Å². The molecular formula is C20H21ClN8O2. The van der Waals surface area contributed by atoms with Crippen molar-refractivity contribution in [3.05, 3.63) is 53.0 Å². The number of anilines is 1. The number of hydrogen-bond acceptors (Lipinski definition) is 6. The van der Waals surface area contributed by atoms with Gasteiger partial charge in [-0.25, -0.2) is 14.3 Å². The SMILES string of the molecule is CN1C(=O)[C@@H](NC(=O)c2ncn(Cc3ncccc3Cl)n2)CCn2nc(C3CC3)cc21. The zero-order chi connectivity index (χ0) is 21.5. The summed E-state index contributed by atoms with van der Waals surface area (Å²) in [7, 11) is 1.71. The Hall–Kier alpha value is -3.27. The molecule has 31 heavy (non-hydrogen) atoms. The van der Waals surface area contributed by atoms with Crippen LogP contribution in [-0.4, -0.2) is 54.4 Å². The molecule has 11 heteroatoms. The van der Waals surface area contributed by atoms with E-state index >= 15 is 0 Å². The van der Waals surface area contributed by atoms with Gasteiger partial charge in [-0.1, -0.05) is 11.6 Å². The molecule has 0 radical (unpaired) electrons. The van der Waals surface area contributed by atoms with Crippen LogP contribution in [0.15, 0.2) is 30.7 Å². The molecule has 0 unspecified atom stereocenters. The Labute approximate surface area is 183 Å². The Bertz CT molecular complexity index is 1150. The lowest BCUT2D eigenvalue weighted by molar-refractivity contribution is -0.120.